The van der Waals surface area contributed by atoms with Gasteiger partial charge in [0, 0.05) is 12.8 Å². The topological polar surface area (TPSA) is 231 Å². The van der Waals surface area contributed by atoms with Crippen LogP contribution in [0, 0.1) is 0 Å². The fraction of sp³-hybridized carbons (Fsp3) is 0.965. The van der Waals surface area contributed by atoms with Crippen molar-refractivity contribution < 1.29 is 73.8 Å². The minimum absolute atomic E-state index is 0.174. The molecule has 15 nitrogen and oxygen atoms in total. The van der Waals surface area contributed by atoms with Crippen LogP contribution in [0.4, 0.5) is 0 Å². The van der Waals surface area contributed by atoms with Crippen molar-refractivity contribution in [2.24, 2.45) is 0 Å². The van der Waals surface area contributed by atoms with E-state index >= 15 is 0 Å². The quantitative estimate of drug-likeness (QED) is 0.0222. The van der Waals surface area contributed by atoms with Crippen LogP contribution in [-0.2, 0) is 38.0 Å². The average Bonchev–Trinajstić information content (AvgIpc) is 3.37. The standard InChI is InChI=1S/C57H108O15/c1-3-5-7-9-11-13-15-17-19-21-23-25-27-29-31-33-35-37-39-48(59)67-42-45(70-49(60)40-38-36-34-32-30-28-26-24-22-20-18-16-14-12-10-8-6-4-2)43-68-56-55(66)53(64)51(62)47(72-56)44-69-57-54(65)52(63)50(61)46(41-58)71-57/h45-47,50-58,61-66H,3-44H2,1-2H3/t45-,46+,47+,50-,51-,52?,53?,54?,55?,56+,57+/m0/s1. The Balaban J connectivity index is 1.74. The molecule has 0 aromatic heterocycles. The number of ether oxygens (including phenoxy) is 6. The minimum Gasteiger partial charge on any atom is -0.462 e. The van der Waals surface area contributed by atoms with Crippen LogP contribution in [0.3, 0.4) is 0 Å². The highest BCUT2D eigenvalue weighted by Gasteiger charge is 2.47. The van der Waals surface area contributed by atoms with Crippen LogP contribution >= 0.6 is 0 Å². The molecule has 2 saturated heterocycles. The van der Waals surface area contributed by atoms with Crippen molar-refractivity contribution in [3.05, 3.63) is 0 Å². The Morgan fingerprint density at radius 3 is 1.08 bits per heavy atom. The van der Waals surface area contributed by atoms with Crippen LogP contribution in [0.25, 0.3) is 0 Å². The lowest BCUT2D eigenvalue weighted by Gasteiger charge is -2.42. The molecule has 2 heterocycles. The number of aliphatic hydroxyl groups excluding tert-OH is 7. The van der Waals surface area contributed by atoms with E-state index < -0.39 is 92.7 Å². The van der Waals surface area contributed by atoms with Crippen LogP contribution in [0.1, 0.15) is 258 Å². The van der Waals surface area contributed by atoms with Gasteiger partial charge in [0.2, 0.25) is 0 Å². The molecule has 0 amide bonds. The van der Waals surface area contributed by atoms with Gasteiger partial charge < -0.3 is 64.2 Å². The molecule has 426 valence electrons. The summed E-state index contributed by atoms with van der Waals surface area (Å²) in [7, 11) is 0. The molecule has 2 aliphatic heterocycles. The van der Waals surface area contributed by atoms with Crippen molar-refractivity contribution in [2.75, 3.05) is 26.4 Å². The van der Waals surface area contributed by atoms with Gasteiger partial charge in [-0.05, 0) is 12.8 Å². The van der Waals surface area contributed by atoms with E-state index in [1.165, 1.54) is 180 Å². The van der Waals surface area contributed by atoms with E-state index in [1.807, 2.05) is 0 Å². The summed E-state index contributed by atoms with van der Waals surface area (Å²) >= 11 is 0. The van der Waals surface area contributed by atoms with Crippen molar-refractivity contribution in [3.63, 3.8) is 0 Å². The SMILES string of the molecule is CCCCCCCCCCCCCCCCCCCCC(=O)OC[C@@H](CO[C@@H]1O[C@H](CO[C@@H]2O[C@H](CO)[C@H](O)C(O)C2O)[C@H](O)C(O)C1O)OC(=O)CCCCCCCCCCCCCCCCCCCC. The maximum Gasteiger partial charge on any atom is 0.306 e. The predicted molar refractivity (Wildman–Crippen MR) is 280 cm³/mol. The Kier molecular flexibility index (Phi) is 41.3. The van der Waals surface area contributed by atoms with E-state index in [0.717, 1.165) is 38.5 Å². The van der Waals surface area contributed by atoms with Gasteiger partial charge in [-0.1, -0.05) is 232 Å². The van der Waals surface area contributed by atoms with Crippen molar-refractivity contribution in [1.82, 2.24) is 0 Å². The lowest BCUT2D eigenvalue weighted by atomic mass is 9.98. The Hall–Kier alpha value is -1.50. The summed E-state index contributed by atoms with van der Waals surface area (Å²) in [6.45, 7) is 2.66. The van der Waals surface area contributed by atoms with Crippen LogP contribution in [0.5, 0.6) is 0 Å². The Bertz CT molecular complexity index is 1260. The number of carbonyl (C=O) groups is 2. The fourth-order valence-electron chi connectivity index (χ4n) is 9.75. The van der Waals surface area contributed by atoms with E-state index in [1.54, 1.807) is 0 Å². The molecular weight excluding hydrogens is 925 g/mol. The van der Waals surface area contributed by atoms with Gasteiger partial charge in [-0.2, -0.15) is 0 Å². The van der Waals surface area contributed by atoms with Crippen LogP contribution in [0.2, 0.25) is 0 Å². The van der Waals surface area contributed by atoms with Gasteiger partial charge in [-0.15, -0.1) is 0 Å². The van der Waals surface area contributed by atoms with Crippen LogP contribution in [0.15, 0.2) is 0 Å². The predicted octanol–water partition coefficient (Wildman–Crippen LogP) is 9.95. The highest BCUT2D eigenvalue weighted by Crippen LogP contribution is 2.27. The number of unbranched alkanes of at least 4 members (excludes halogenated alkanes) is 34. The molecule has 2 rings (SSSR count). The maximum atomic E-state index is 13.1. The highest BCUT2D eigenvalue weighted by atomic mass is 16.7. The molecule has 4 unspecified atom stereocenters. The number of hydrogen-bond donors (Lipinski definition) is 7. The summed E-state index contributed by atoms with van der Waals surface area (Å²) in [5, 5.41) is 72.3. The average molecular weight is 1030 g/mol. The molecule has 0 aromatic rings. The molecule has 0 saturated carbocycles. The monoisotopic (exact) mass is 1030 g/mol. The summed E-state index contributed by atoms with van der Waals surface area (Å²) < 4.78 is 33.7. The third-order valence-electron chi connectivity index (χ3n) is 14.6. The minimum atomic E-state index is -1.76. The largest absolute Gasteiger partial charge is 0.462 e. The molecule has 0 radical (unpaired) electrons. The summed E-state index contributed by atoms with van der Waals surface area (Å²) in [4.78, 5) is 25.9. The second kappa shape index (κ2) is 44.6. The number of aliphatic hydroxyl groups is 7. The summed E-state index contributed by atoms with van der Waals surface area (Å²) in [5.41, 5.74) is 0. The zero-order valence-corrected chi connectivity index (χ0v) is 45.4. The third kappa shape index (κ3) is 31.5. The van der Waals surface area contributed by atoms with Crippen molar-refractivity contribution >= 4 is 11.9 Å². The first-order valence-corrected chi connectivity index (χ1v) is 29.6. The first-order chi connectivity index (χ1) is 35.0. The van der Waals surface area contributed by atoms with E-state index in [-0.39, 0.29) is 26.1 Å². The molecule has 15 heteroatoms. The molecule has 0 aromatic carbocycles. The zero-order valence-electron chi connectivity index (χ0n) is 45.4. The van der Waals surface area contributed by atoms with Gasteiger partial charge in [0.15, 0.2) is 18.7 Å². The molecule has 11 atom stereocenters. The highest BCUT2D eigenvalue weighted by molar-refractivity contribution is 5.70. The van der Waals surface area contributed by atoms with Gasteiger partial charge >= 0.3 is 11.9 Å². The first kappa shape index (κ1) is 66.6. The molecule has 0 bridgehead atoms. The first-order valence-electron chi connectivity index (χ1n) is 29.6. The smallest absolute Gasteiger partial charge is 0.306 e. The maximum absolute atomic E-state index is 13.1. The van der Waals surface area contributed by atoms with Crippen LogP contribution in [-0.4, -0.2) is 142 Å². The van der Waals surface area contributed by atoms with Crippen molar-refractivity contribution in [2.45, 2.75) is 325 Å². The zero-order chi connectivity index (χ0) is 52.4. The number of esters is 2. The molecule has 0 aliphatic carbocycles. The number of rotatable bonds is 48. The number of hydrogen-bond acceptors (Lipinski definition) is 15. The van der Waals surface area contributed by atoms with E-state index in [4.69, 9.17) is 28.4 Å². The molecular formula is C57H108O15. The third-order valence-corrected chi connectivity index (χ3v) is 14.6. The van der Waals surface area contributed by atoms with E-state index in [0.29, 0.717) is 12.8 Å². The molecule has 0 spiro atoms. The molecule has 72 heavy (non-hydrogen) atoms. The van der Waals surface area contributed by atoms with Gasteiger partial charge in [-0.3, -0.25) is 9.59 Å². The summed E-state index contributed by atoms with van der Waals surface area (Å²) in [5.74, 6) is -0.903. The second-order valence-electron chi connectivity index (χ2n) is 21.2. The molecule has 7 N–H and O–H groups in total. The Morgan fingerprint density at radius 1 is 0.389 bits per heavy atom. The second-order valence-corrected chi connectivity index (χ2v) is 21.2. The summed E-state index contributed by atoms with van der Waals surface area (Å²) in [6, 6.07) is 0. The van der Waals surface area contributed by atoms with E-state index in [2.05, 4.69) is 13.8 Å². The van der Waals surface area contributed by atoms with Gasteiger partial charge in [0.05, 0.1) is 19.8 Å². The summed E-state index contributed by atoms with van der Waals surface area (Å²) in [6.07, 6.45) is 28.3. The fourth-order valence-corrected chi connectivity index (χ4v) is 9.75. The van der Waals surface area contributed by atoms with Gasteiger partial charge in [0.1, 0.15) is 55.4 Å². The lowest BCUT2D eigenvalue weighted by Crippen LogP contribution is -2.61. The van der Waals surface area contributed by atoms with Crippen molar-refractivity contribution in [1.29, 1.82) is 0 Å². The normalized spacial score (nSPS) is 24.9. The molecule has 2 fully saturated rings. The van der Waals surface area contributed by atoms with Crippen LogP contribution < -0.4 is 0 Å². The molecule has 2 aliphatic rings. The van der Waals surface area contributed by atoms with E-state index in [9.17, 15) is 45.3 Å². The van der Waals surface area contributed by atoms with Gasteiger partial charge in [0.25, 0.3) is 0 Å². The lowest BCUT2D eigenvalue weighted by molar-refractivity contribution is -0.332. The van der Waals surface area contributed by atoms with Gasteiger partial charge in [-0.25, -0.2) is 0 Å². The Morgan fingerprint density at radius 2 is 0.708 bits per heavy atom. The number of carbonyl (C=O) groups excluding carboxylic acids is 2. The van der Waals surface area contributed by atoms with Crippen molar-refractivity contribution in [3.8, 4) is 0 Å². The Labute approximate surface area is 436 Å².